The van der Waals surface area contributed by atoms with Crippen LogP contribution in [0.2, 0.25) is 0 Å². The Balaban J connectivity index is 1.45. The van der Waals surface area contributed by atoms with Crippen molar-refractivity contribution in [1.29, 1.82) is 0 Å². The number of hydrogen-bond donors (Lipinski definition) is 0. The molecule has 220 valence electrons. The van der Waals surface area contributed by atoms with E-state index in [9.17, 15) is 19.7 Å². The van der Waals surface area contributed by atoms with Gasteiger partial charge in [-0.25, -0.2) is 0 Å². The van der Waals surface area contributed by atoms with E-state index in [4.69, 9.17) is 9.98 Å². The Labute approximate surface area is 268 Å². The number of carbonyl (C=O) groups excluding carboxylic acids is 2. The van der Waals surface area contributed by atoms with E-state index < -0.39 is 30.7 Å². The molecule has 44 heavy (non-hydrogen) atoms. The predicted octanol–water partition coefficient (Wildman–Crippen LogP) is 5.37. The number of allylic oxidation sites excluding steroid dienone is 1. The molecule has 11 heteroatoms. The van der Waals surface area contributed by atoms with Crippen LogP contribution in [0.3, 0.4) is 0 Å². The molecule has 4 heterocycles. The minimum atomic E-state index is -0.761. The van der Waals surface area contributed by atoms with Crippen LogP contribution in [0.5, 0.6) is 0 Å². The summed E-state index contributed by atoms with van der Waals surface area (Å²) in [5.41, 5.74) is 2.99. The quantitative estimate of drug-likeness (QED) is 0.122. The molecule has 0 N–H and O–H groups in total. The van der Waals surface area contributed by atoms with E-state index in [-0.39, 0.29) is 35.4 Å². The van der Waals surface area contributed by atoms with Crippen LogP contribution in [0.4, 0.5) is 11.4 Å². The summed E-state index contributed by atoms with van der Waals surface area (Å²) < 4.78 is 3.05. The molecule has 3 aromatic carbocycles. The topological polar surface area (TPSA) is 111 Å². The summed E-state index contributed by atoms with van der Waals surface area (Å²) in [4.78, 5) is 50.5. The number of β-lactam (4-membered cyclic amide) rings is 1. The van der Waals surface area contributed by atoms with Crippen molar-refractivity contribution in [2.45, 2.75) is 36.0 Å². The summed E-state index contributed by atoms with van der Waals surface area (Å²) in [5.74, 6) is -0.283. The van der Waals surface area contributed by atoms with Crippen LogP contribution >= 0.6 is 15.9 Å². The minimum absolute atomic E-state index is 0.0220. The van der Waals surface area contributed by atoms with Crippen LogP contribution in [-0.4, -0.2) is 58.4 Å². The Bertz CT molecular complexity index is 1940. The molecule has 1 amide bonds. The number of nitro benzene ring substituents is 1. The summed E-state index contributed by atoms with van der Waals surface area (Å²) in [5, 5.41) is 12.1. The number of aromatic nitrogens is 2. The van der Waals surface area contributed by atoms with Crippen LogP contribution in [-0.2, 0) is 15.7 Å². The van der Waals surface area contributed by atoms with E-state index in [0.29, 0.717) is 21.4 Å². The molecule has 9 nitrogen and oxygen atoms in total. The molecule has 4 aromatic rings. The summed E-state index contributed by atoms with van der Waals surface area (Å²) in [6, 6.07) is 21.6. The second-order valence-electron chi connectivity index (χ2n) is 11.6. The average molecular weight is 715 g/mol. The first-order valence-corrected chi connectivity index (χ1v) is 16.7. The SMILES string of the molecule is CC1(C)C=CC2=Nc3cc(Br)ccc3[C@@]23CC(=O)N3C[C@H]([Se]c2ccccc2[N+](=O)[O-])c2c1ncn2C(=O)c1ccccc1. The third-order valence-corrected chi connectivity index (χ3v) is 11.7. The maximum atomic E-state index is 14.0. The molecule has 3 aliphatic heterocycles. The van der Waals surface area contributed by atoms with Crippen LogP contribution in [0.25, 0.3) is 0 Å². The van der Waals surface area contributed by atoms with Gasteiger partial charge < -0.3 is 0 Å². The van der Waals surface area contributed by atoms with Gasteiger partial charge in [0.15, 0.2) is 0 Å². The third kappa shape index (κ3) is 4.41. The van der Waals surface area contributed by atoms with Gasteiger partial charge in [0.25, 0.3) is 0 Å². The fourth-order valence-corrected chi connectivity index (χ4v) is 9.41. The van der Waals surface area contributed by atoms with Crippen molar-refractivity contribution in [1.82, 2.24) is 14.5 Å². The number of amides is 1. The summed E-state index contributed by atoms with van der Waals surface area (Å²) >= 11 is 2.99. The van der Waals surface area contributed by atoms with Gasteiger partial charge in [-0.1, -0.05) is 0 Å². The van der Waals surface area contributed by atoms with Crippen molar-refractivity contribution in [3.05, 3.63) is 128 Å². The number of halogens is 1. The first-order valence-electron chi connectivity index (χ1n) is 14.1. The standard InChI is InChI=1S/C33H26BrN5O4Se/c1-32(2)15-14-27-33(22-13-12-21(34)16-23(22)36-27)17-28(40)38(33)18-26(44-25-11-7-6-10-24(25)39(42)43)29-30(32)35-19-37(29)31(41)20-8-4-3-5-9-20/h3-16,19,26H,17-18H2,1-2H3/t26-,33-/m0/s1. The Hall–Kier alpha value is -4.18. The summed E-state index contributed by atoms with van der Waals surface area (Å²) in [6.45, 7) is 4.32. The van der Waals surface area contributed by atoms with Gasteiger partial charge in [0.2, 0.25) is 0 Å². The van der Waals surface area contributed by atoms with Gasteiger partial charge in [-0.3, -0.25) is 0 Å². The molecular weight excluding hydrogens is 689 g/mol. The molecule has 0 saturated carbocycles. The predicted molar refractivity (Wildman–Crippen MR) is 171 cm³/mol. The van der Waals surface area contributed by atoms with Crippen molar-refractivity contribution in [3.63, 3.8) is 0 Å². The van der Waals surface area contributed by atoms with Gasteiger partial charge >= 0.3 is 269 Å². The average Bonchev–Trinajstić information content (AvgIpc) is 3.59. The fourth-order valence-electron chi connectivity index (χ4n) is 6.36. The molecule has 0 bridgehead atoms. The number of fused-ring (bicyclic) bond motifs is 2. The number of hydrogen-bond acceptors (Lipinski definition) is 6. The van der Waals surface area contributed by atoms with Crippen molar-refractivity contribution < 1.29 is 14.5 Å². The normalized spacial score (nSPS) is 21.3. The third-order valence-electron chi connectivity index (χ3n) is 8.54. The van der Waals surface area contributed by atoms with E-state index in [1.807, 2.05) is 67.3 Å². The first kappa shape index (κ1) is 28.6. The van der Waals surface area contributed by atoms with Crippen LogP contribution < -0.4 is 4.46 Å². The molecule has 1 aromatic heterocycles. The van der Waals surface area contributed by atoms with Gasteiger partial charge in [-0.2, -0.15) is 0 Å². The van der Waals surface area contributed by atoms with Gasteiger partial charge in [-0.05, 0) is 0 Å². The second-order valence-corrected chi connectivity index (χ2v) is 15.1. The Kier molecular flexibility index (Phi) is 6.80. The van der Waals surface area contributed by atoms with Gasteiger partial charge in [-0.15, -0.1) is 0 Å². The zero-order chi connectivity index (χ0) is 30.8. The van der Waals surface area contributed by atoms with E-state index in [1.165, 1.54) is 6.07 Å². The van der Waals surface area contributed by atoms with E-state index in [1.54, 1.807) is 41.2 Å². The Morgan fingerprint density at radius 1 is 1.09 bits per heavy atom. The molecule has 1 saturated heterocycles. The summed E-state index contributed by atoms with van der Waals surface area (Å²) in [6.07, 6.45) is 5.85. The van der Waals surface area contributed by atoms with Crippen molar-refractivity contribution in [2.75, 3.05) is 6.54 Å². The van der Waals surface area contributed by atoms with Gasteiger partial charge in [0.1, 0.15) is 0 Å². The number of aliphatic imine (C=N–C) groups is 1. The molecule has 1 fully saturated rings. The number of benzene rings is 3. The molecule has 0 radical (unpaired) electrons. The Morgan fingerprint density at radius 2 is 1.84 bits per heavy atom. The monoisotopic (exact) mass is 715 g/mol. The molecular formula is C33H26BrN5O4Se. The zero-order valence-corrected chi connectivity index (χ0v) is 27.1. The number of imidazole rings is 1. The van der Waals surface area contributed by atoms with Crippen LogP contribution in [0.1, 0.15) is 52.4 Å². The molecule has 7 rings (SSSR count). The van der Waals surface area contributed by atoms with Gasteiger partial charge in [0.05, 0.1) is 0 Å². The number of nitro groups is 1. The zero-order valence-electron chi connectivity index (χ0n) is 23.8. The number of nitrogens with zero attached hydrogens (tertiary/aromatic N) is 5. The van der Waals surface area contributed by atoms with Crippen LogP contribution in [0.15, 0.2) is 101 Å². The van der Waals surface area contributed by atoms with E-state index >= 15 is 0 Å². The molecule has 3 aliphatic rings. The molecule has 1 spiro atoms. The summed E-state index contributed by atoms with van der Waals surface area (Å²) in [7, 11) is 0. The Morgan fingerprint density at radius 3 is 2.59 bits per heavy atom. The molecule has 2 atom stereocenters. The van der Waals surface area contributed by atoms with Crippen molar-refractivity contribution >= 4 is 64.2 Å². The van der Waals surface area contributed by atoms with Crippen molar-refractivity contribution in [3.8, 4) is 0 Å². The molecule has 0 unspecified atom stereocenters. The van der Waals surface area contributed by atoms with E-state index in [2.05, 4.69) is 15.9 Å². The van der Waals surface area contributed by atoms with E-state index in [0.717, 1.165) is 21.4 Å². The second kappa shape index (κ2) is 10.5. The van der Waals surface area contributed by atoms with Gasteiger partial charge in [0, 0.05) is 0 Å². The fraction of sp³-hybridized carbons (Fsp3) is 0.212. The number of carbonyl (C=O) groups is 2. The number of rotatable bonds is 4. The van der Waals surface area contributed by atoms with Crippen molar-refractivity contribution in [2.24, 2.45) is 4.99 Å². The number of para-hydroxylation sites is 1. The van der Waals surface area contributed by atoms with Crippen LogP contribution in [0, 0.1) is 10.1 Å². The maximum absolute atomic E-state index is 14.0. The molecule has 0 aliphatic carbocycles. The first-order chi connectivity index (χ1) is 21.1.